The molecule has 1 saturated carbocycles. The van der Waals surface area contributed by atoms with E-state index >= 15 is 0 Å². The molecule has 12 nitrogen and oxygen atoms in total. The van der Waals surface area contributed by atoms with Crippen molar-refractivity contribution in [3.8, 4) is 0 Å². The number of likely N-dealkylation sites (N-methyl/N-ethyl adjacent to an activating group) is 1. The largest absolute Gasteiger partial charge is 0.363 e. The molecule has 230 valence electrons. The average molecular weight is 577 g/mol. The monoisotopic (exact) mass is 576 g/mol. The lowest BCUT2D eigenvalue weighted by Crippen LogP contribution is -2.61. The van der Waals surface area contributed by atoms with Crippen molar-refractivity contribution in [2.75, 3.05) is 20.1 Å². The van der Waals surface area contributed by atoms with Crippen LogP contribution in [0.3, 0.4) is 0 Å². The van der Waals surface area contributed by atoms with Crippen LogP contribution in [0.15, 0.2) is 12.7 Å². The molecule has 1 saturated heterocycles. The zero-order valence-electron chi connectivity index (χ0n) is 25.3. The minimum Gasteiger partial charge on any atom is -0.363 e. The number of Topliss-reactive ketones (excluding diaryl/α,β-unsaturated/α-hetero) is 1. The first-order chi connectivity index (χ1) is 19.1. The second-order valence-electron chi connectivity index (χ2n) is 12.5. The fourth-order valence-electron chi connectivity index (χ4n) is 5.30. The minimum atomic E-state index is -1.10. The van der Waals surface area contributed by atoms with E-state index in [1.165, 1.54) is 9.80 Å². The molecule has 1 aliphatic carbocycles. The maximum Gasteiger partial charge on any atom is 0.316 e. The number of hydrogen-bond acceptors (Lipinski definition) is 6. The molecule has 5 atom stereocenters. The number of urea groups is 1. The zero-order chi connectivity index (χ0) is 31.1. The van der Waals surface area contributed by atoms with Crippen molar-refractivity contribution in [2.24, 2.45) is 23.0 Å². The first-order valence-corrected chi connectivity index (χ1v) is 14.5. The Bertz CT molecular complexity index is 1020. The van der Waals surface area contributed by atoms with E-state index in [2.05, 4.69) is 22.5 Å². The molecule has 12 heteroatoms. The highest BCUT2D eigenvalue weighted by atomic mass is 16.2. The summed E-state index contributed by atoms with van der Waals surface area (Å²) in [5, 5.41) is 8.03. The van der Waals surface area contributed by atoms with Crippen LogP contribution in [0.5, 0.6) is 0 Å². The molecule has 0 aromatic heterocycles. The summed E-state index contributed by atoms with van der Waals surface area (Å²) < 4.78 is 0. The molecule has 1 aliphatic heterocycles. The summed E-state index contributed by atoms with van der Waals surface area (Å²) in [7, 11) is 1.60. The van der Waals surface area contributed by atoms with Gasteiger partial charge in [0.2, 0.25) is 23.5 Å². The fourth-order valence-corrected chi connectivity index (χ4v) is 5.30. The quantitative estimate of drug-likeness (QED) is 0.189. The number of amides is 6. The van der Waals surface area contributed by atoms with Crippen LogP contribution >= 0.6 is 0 Å². The van der Waals surface area contributed by atoms with Crippen LogP contribution in [-0.2, 0) is 24.0 Å². The summed E-state index contributed by atoms with van der Waals surface area (Å²) in [5.74, 6) is -2.96. The third-order valence-electron chi connectivity index (χ3n) is 8.11. The van der Waals surface area contributed by atoms with Crippen LogP contribution in [0.2, 0.25) is 0 Å². The van der Waals surface area contributed by atoms with Gasteiger partial charge in [0.1, 0.15) is 18.1 Å². The Morgan fingerprint density at radius 1 is 1.07 bits per heavy atom. The van der Waals surface area contributed by atoms with E-state index in [9.17, 15) is 28.8 Å². The number of nitrogens with two attached hydrogens (primary N) is 1. The lowest BCUT2D eigenvalue weighted by atomic mass is 9.80. The maximum absolute atomic E-state index is 14.0. The Kier molecular flexibility index (Phi) is 11.9. The molecule has 41 heavy (non-hydrogen) atoms. The summed E-state index contributed by atoms with van der Waals surface area (Å²) in [6.07, 6.45) is 5.89. The van der Waals surface area contributed by atoms with Crippen molar-refractivity contribution in [2.45, 2.75) is 97.3 Å². The molecule has 5 N–H and O–H groups in total. The van der Waals surface area contributed by atoms with Gasteiger partial charge in [-0.1, -0.05) is 59.5 Å². The van der Waals surface area contributed by atoms with Crippen molar-refractivity contribution < 1.29 is 28.8 Å². The first kappa shape index (κ1) is 33.8. The molecule has 3 unspecified atom stereocenters. The van der Waals surface area contributed by atoms with Crippen LogP contribution in [-0.4, -0.2) is 89.5 Å². The number of carbonyl (C=O) groups is 6. The molecule has 1 heterocycles. The topological polar surface area (TPSA) is 171 Å². The lowest BCUT2D eigenvalue weighted by molar-refractivity contribution is -0.143. The third-order valence-corrected chi connectivity index (χ3v) is 8.11. The van der Waals surface area contributed by atoms with Crippen molar-refractivity contribution in [3.63, 3.8) is 0 Å². The Morgan fingerprint density at radius 2 is 1.71 bits per heavy atom. The second kappa shape index (κ2) is 14.5. The van der Waals surface area contributed by atoms with Gasteiger partial charge in [-0.05, 0) is 37.0 Å². The van der Waals surface area contributed by atoms with Gasteiger partial charge in [-0.2, -0.15) is 0 Å². The summed E-state index contributed by atoms with van der Waals surface area (Å²) in [6, 6.07) is -4.46. The van der Waals surface area contributed by atoms with Gasteiger partial charge in [0, 0.05) is 20.1 Å². The predicted octanol–water partition coefficient (Wildman–Crippen LogP) is 1.09. The van der Waals surface area contributed by atoms with Gasteiger partial charge < -0.3 is 31.5 Å². The predicted molar refractivity (Wildman–Crippen MR) is 154 cm³/mol. The van der Waals surface area contributed by atoms with Gasteiger partial charge in [0.25, 0.3) is 5.91 Å². The van der Waals surface area contributed by atoms with E-state index in [-0.39, 0.29) is 17.7 Å². The van der Waals surface area contributed by atoms with E-state index in [1.54, 1.807) is 40.8 Å². The molecule has 0 spiro atoms. The normalized spacial score (nSPS) is 21.1. The Morgan fingerprint density at radius 3 is 2.20 bits per heavy atom. The molecule has 0 aromatic carbocycles. The smallest absolute Gasteiger partial charge is 0.316 e. The number of carbonyl (C=O) groups excluding carboxylic acids is 6. The number of rotatable bonds is 13. The molecule has 0 bridgehead atoms. The minimum absolute atomic E-state index is 0.0408. The molecular formula is C29H48N6O6. The number of nitrogens with zero attached hydrogens (tertiary/aromatic N) is 2. The van der Waals surface area contributed by atoms with Crippen molar-refractivity contribution in [1.82, 2.24) is 25.8 Å². The fraction of sp³-hybridized carbons (Fsp3) is 0.724. The van der Waals surface area contributed by atoms with Crippen LogP contribution in [0.1, 0.15) is 73.1 Å². The number of nitrogens with one attached hydrogen (secondary N) is 3. The average Bonchev–Trinajstić information content (AvgIpc) is 3.31. The zero-order valence-corrected chi connectivity index (χ0v) is 25.3. The first-order valence-electron chi connectivity index (χ1n) is 14.5. The molecule has 0 radical (unpaired) electrons. The molecule has 2 rings (SSSR count). The van der Waals surface area contributed by atoms with Crippen LogP contribution in [0, 0.1) is 17.3 Å². The van der Waals surface area contributed by atoms with Crippen LogP contribution < -0.4 is 21.7 Å². The molecule has 2 aliphatic rings. The van der Waals surface area contributed by atoms with Crippen molar-refractivity contribution >= 4 is 35.4 Å². The van der Waals surface area contributed by atoms with Gasteiger partial charge in [-0.15, -0.1) is 6.58 Å². The standard InChI is InChI=1S/C29H48N6O6/c1-8-13-34(7)26(39)17(3)31-28(41)33-23(29(4,5)6)27(40)35-16-18(9-2)15-21(35)25(38)32-20(22(36)24(30)37)14-19-11-10-12-19/h8,17-21,23H,1,9-16H2,2-7H3,(H2,30,37)(H,32,38)(H2,31,33,41)/t17?,18-,20?,21+,23?/m1/s1. The van der Waals surface area contributed by atoms with Crippen LogP contribution in [0.25, 0.3) is 0 Å². The lowest BCUT2D eigenvalue weighted by Gasteiger charge is -2.36. The molecule has 0 aromatic rings. The van der Waals surface area contributed by atoms with Gasteiger partial charge in [-0.25, -0.2) is 4.79 Å². The van der Waals surface area contributed by atoms with Gasteiger partial charge in [0.05, 0.1) is 6.04 Å². The summed E-state index contributed by atoms with van der Waals surface area (Å²) in [5.41, 5.74) is 4.53. The van der Waals surface area contributed by atoms with E-state index in [4.69, 9.17) is 5.73 Å². The highest BCUT2D eigenvalue weighted by Crippen LogP contribution is 2.32. The Hall–Kier alpha value is -3.44. The van der Waals surface area contributed by atoms with Gasteiger partial charge in [0.15, 0.2) is 0 Å². The summed E-state index contributed by atoms with van der Waals surface area (Å²) in [4.78, 5) is 80.0. The number of likely N-dealkylation sites (tertiary alicyclic amines) is 1. The second-order valence-corrected chi connectivity index (χ2v) is 12.5. The Labute approximate surface area is 243 Å². The summed E-state index contributed by atoms with van der Waals surface area (Å²) in [6.45, 7) is 13.1. The Balaban J connectivity index is 2.21. The maximum atomic E-state index is 14.0. The number of hydrogen-bond donors (Lipinski definition) is 4. The molecule has 6 amide bonds. The SMILES string of the molecule is C=CCN(C)C(=O)C(C)NC(=O)NC(C(=O)N1C[C@H](CC)C[C@H]1C(=O)NC(CC1CCC1)C(=O)C(N)=O)C(C)(C)C. The van der Waals surface area contributed by atoms with E-state index < -0.39 is 59.1 Å². The van der Waals surface area contributed by atoms with Crippen LogP contribution in [0.4, 0.5) is 4.79 Å². The number of primary amides is 1. The van der Waals surface area contributed by atoms with E-state index in [0.29, 0.717) is 25.9 Å². The van der Waals surface area contributed by atoms with Crippen molar-refractivity contribution in [1.29, 1.82) is 0 Å². The number of ketones is 1. The van der Waals surface area contributed by atoms with Gasteiger partial charge >= 0.3 is 6.03 Å². The molecule has 2 fully saturated rings. The third kappa shape index (κ3) is 9.02. The van der Waals surface area contributed by atoms with E-state index in [1.807, 2.05) is 6.92 Å². The van der Waals surface area contributed by atoms with E-state index in [0.717, 1.165) is 25.7 Å². The summed E-state index contributed by atoms with van der Waals surface area (Å²) >= 11 is 0. The van der Waals surface area contributed by atoms with Crippen molar-refractivity contribution in [3.05, 3.63) is 12.7 Å². The highest BCUT2D eigenvalue weighted by Gasteiger charge is 2.45. The molecular weight excluding hydrogens is 528 g/mol. The highest BCUT2D eigenvalue weighted by molar-refractivity contribution is 6.37. The van der Waals surface area contributed by atoms with Gasteiger partial charge in [-0.3, -0.25) is 24.0 Å².